The molecule has 0 aromatic carbocycles. The van der Waals surface area contributed by atoms with Gasteiger partial charge >= 0.3 is 6.09 Å². The van der Waals surface area contributed by atoms with Crippen molar-refractivity contribution in [2.75, 3.05) is 44.6 Å². The van der Waals surface area contributed by atoms with Gasteiger partial charge in [0, 0.05) is 43.6 Å². The molecule has 1 saturated heterocycles. The molecule has 0 radical (unpaired) electrons. The average molecular weight is 444 g/mol. The van der Waals surface area contributed by atoms with Crippen molar-refractivity contribution < 1.29 is 14.3 Å². The highest BCUT2D eigenvalue weighted by molar-refractivity contribution is 5.91. The Hall–Kier alpha value is -3.01. The molecule has 1 fully saturated rings. The molecule has 2 aromatic rings. The quantitative estimate of drug-likeness (QED) is 0.730. The molecule has 1 aliphatic rings. The second-order valence-electron chi connectivity index (χ2n) is 8.67. The lowest BCUT2D eigenvalue weighted by Crippen LogP contribution is -2.38. The van der Waals surface area contributed by atoms with Gasteiger partial charge in [0.15, 0.2) is 0 Å². The molecule has 1 N–H and O–H groups in total. The topological polar surface area (TPSA) is 105 Å². The molecule has 0 aliphatic carbocycles. The first-order chi connectivity index (χ1) is 15.2. The van der Waals surface area contributed by atoms with Crippen LogP contribution in [0.15, 0.2) is 12.1 Å². The summed E-state index contributed by atoms with van der Waals surface area (Å²) in [6.07, 6.45) is 0.509. The first kappa shape index (κ1) is 23.6. The Labute approximate surface area is 189 Å². The first-order valence-corrected chi connectivity index (χ1v) is 11.0. The molecule has 0 saturated carbocycles. The molecule has 0 unspecified atom stereocenters. The molecule has 0 bridgehead atoms. The van der Waals surface area contributed by atoms with E-state index in [9.17, 15) is 9.59 Å². The molecule has 0 spiro atoms. The zero-order valence-corrected chi connectivity index (χ0v) is 19.6. The summed E-state index contributed by atoms with van der Waals surface area (Å²) < 4.78 is 6.89. The van der Waals surface area contributed by atoms with Gasteiger partial charge in [-0.25, -0.2) is 14.8 Å². The summed E-state index contributed by atoms with van der Waals surface area (Å²) in [5.41, 5.74) is 2.42. The van der Waals surface area contributed by atoms with Crippen LogP contribution in [0.25, 0.3) is 5.95 Å². The number of aromatic nitrogens is 4. The number of rotatable bonds is 6. The van der Waals surface area contributed by atoms with Gasteiger partial charge in [-0.15, -0.1) is 0 Å². The predicted octanol–water partition coefficient (Wildman–Crippen LogP) is 2.33. The number of aryl methyl sites for hydroxylation is 3. The van der Waals surface area contributed by atoms with Gasteiger partial charge < -0.3 is 15.0 Å². The minimum atomic E-state index is -0.280. The van der Waals surface area contributed by atoms with Gasteiger partial charge in [0.2, 0.25) is 5.91 Å². The van der Waals surface area contributed by atoms with E-state index in [1.165, 1.54) is 0 Å². The van der Waals surface area contributed by atoms with Crippen molar-refractivity contribution in [3.63, 3.8) is 0 Å². The van der Waals surface area contributed by atoms with Crippen molar-refractivity contribution in [3.05, 3.63) is 29.2 Å². The molecule has 2 amide bonds. The van der Waals surface area contributed by atoms with E-state index >= 15 is 0 Å². The number of nitrogens with one attached hydrogen (secondary N) is 1. The van der Waals surface area contributed by atoms with E-state index in [2.05, 4.69) is 20.4 Å². The van der Waals surface area contributed by atoms with Crippen LogP contribution in [0.4, 0.5) is 10.6 Å². The van der Waals surface area contributed by atoms with Crippen LogP contribution < -0.4 is 5.32 Å². The van der Waals surface area contributed by atoms with Crippen molar-refractivity contribution in [2.45, 2.75) is 41.0 Å². The fraction of sp³-hybridized carbons (Fsp3) is 0.591. The van der Waals surface area contributed by atoms with Crippen molar-refractivity contribution >= 4 is 17.8 Å². The number of hydrogen-bond donors (Lipinski definition) is 1. The Balaban J connectivity index is 1.59. The Kier molecular flexibility index (Phi) is 7.79. The molecule has 2 aromatic heterocycles. The molecule has 3 heterocycles. The van der Waals surface area contributed by atoms with Crippen molar-refractivity contribution in [1.82, 2.24) is 29.5 Å². The summed E-state index contributed by atoms with van der Waals surface area (Å²) in [5.74, 6) is 1.12. The lowest BCUT2D eigenvalue weighted by Gasteiger charge is -2.21. The molecule has 3 rings (SSSR count). The second-order valence-corrected chi connectivity index (χ2v) is 8.67. The SMILES string of the molecule is Cc1cc(C)nc(-n2nc(C)cc2NC(=O)CN2CCCN(C(=O)OCC(C)C)CC2)n1. The number of carbonyl (C=O) groups is 2. The van der Waals surface area contributed by atoms with E-state index in [-0.39, 0.29) is 18.5 Å². The van der Waals surface area contributed by atoms with E-state index in [0.717, 1.165) is 30.0 Å². The van der Waals surface area contributed by atoms with E-state index < -0.39 is 0 Å². The Bertz CT molecular complexity index is 937. The van der Waals surface area contributed by atoms with Crippen LogP contribution in [0.1, 0.15) is 37.4 Å². The zero-order valence-electron chi connectivity index (χ0n) is 19.6. The summed E-state index contributed by atoms with van der Waals surface area (Å²) in [6.45, 7) is 12.8. The van der Waals surface area contributed by atoms with E-state index in [1.807, 2.05) is 45.6 Å². The minimum Gasteiger partial charge on any atom is -0.449 e. The lowest BCUT2D eigenvalue weighted by molar-refractivity contribution is -0.117. The number of amides is 2. The van der Waals surface area contributed by atoms with E-state index in [4.69, 9.17) is 4.74 Å². The monoisotopic (exact) mass is 443 g/mol. The Morgan fingerprint density at radius 3 is 2.44 bits per heavy atom. The van der Waals surface area contributed by atoms with Crippen LogP contribution in [0.2, 0.25) is 0 Å². The van der Waals surface area contributed by atoms with Crippen molar-refractivity contribution in [2.24, 2.45) is 5.92 Å². The van der Waals surface area contributed by atoms with Gasteiger partial charge in [-0.1, -0.05) is 13.8 Å². The van der Waals surface area contributed by atoms with Crippen LogP contribution in [-0.2, 0) is 9.53 Å². The third kappa shape index (κ3) is 6.49. The normalized spacial score (nSPS) is 15.0. The number of ether oxygens (including phenoxy) is 1. The smallest absolute Gasteiger partial charge is 0.409 e. The van der Waals surface area contributed by atoms with Gasteiger partial charge in [0.1, 0.15) is 5.82 Å². The molecule has 10 heteroatoms. The van der Waals surface area contributed by atoms with Gasteiger partial charge in [-0.05, 0) is 39.2 Å². The highest BCUT2D eigenvalue weighted by Gasteiger charge is 2.22. The molecule has 10 nitrogen and oxygen atoms in total. The summed E-state index contributed by atoms with van der Waals surface area (Å²) >= 11 is 0. The van der Waals surface area contributed by atoms with Gasteiger partial charge in [-0.3, -0.25) is 9.69 Å². The average Bonchev–Trinajstić information content (AvgIpc) is 2.91. The van der Waals surface area contributed by atoms with Crippen molar-refractivity contribution in [1.29, 1.82) is 0 Å². The molecular formula is C22H33N7O3. The number of nitrogens with zero attached hydrogens (tertiary/aromatic N) is 6. The first-order valence-electron chi connectivity index (χ1n) is 11.0. The Morgan fingerprint density at radius 2 is 1.75 bits per heavy atom. The highest BCUT2D eigenvalue weighted by Crippen LogP contribution is 2.15. The third-order valence-electron chi connectivity index (χ3n) is 5.01. The van der Waals surface area contributed by atoms with Crippen LogP contribution in [-0.4, -0.2) is 80.9 Å². The van der Waals surface area contributed by atoms with E-state index in [1.54, 1.807) is 15.6 Å². The van der Waals surface area contributed by atoms with Crippen LogP contribution in [0, 0.1) is 26.7 Å². The molecule has 174 valence electrons. The summed E-state index contributed by atoms with van der Waals surface area (Å²) in [5, 5.41) is 7.38. The zero-order chi connectivity index (χ0) is 23.3. The van der Waals surface area contributed by atoms with Gasteiger partial charge in [0.25, 0.3) is 5.95 Å². The van der Waals surface area contributed by atoms with Gasteiger partial charge in [0.05, 0.1) is 18.8 Å². The van der Waals surface area contributed by atoms with Crippen molar-refractivity contribution in [3.8, 4) is 5.95 Å². The minimum absolute atomic E-state index is 0.147. The summed E-state index contributed by atoms with van der Waals surface area (Å²) in [7, 11) is 0. The maximum absolute atomic E-state index is 12.8. The van der Waals surface area contributed by atoms with Crippen LogP contribution in [0.3, 0.4) is 0 Å². The maximum atomic E-state index is 12.8. The number of anilines is 1. The lowest BCUT2D eigenvalue weighted by atomic mass is 10.2. The second kappa shape index (κ2) is 10.5. The predicted molar refractivity (Wildman–Crippen MR) is 121 cm³/mol. The molecule has 32 heavy (non-hydrogen) atoms. The van der Waals surface area contributed by atoms with E-state index in [0.29, 0.717) is 43.9 Å². The molecule has 0 atom stereocenters. The molecular weight excluding hydrogens is 410 g/mol. The maximum Gasteiger partial charge on any atom is 0.409 e. The molecule has 1 aliphatic heterocycles. The standard InChI is InChI=1S/C22H33N7O3/c1-15(2)14-32-22(31)28-8-6-7-27(9-10-28)13-20(30)25-19-12-18(5)26-29(19)21-23-16(3)11-17(4)24-21/h11-12,15H,6-10,13-14H2,1-5H3,(H,25,30). The number of carbonyl (C=O) groups excluding carboxylic acids is 2. The summed E-state index contributed by atoms with van der Waals surface area (Å²) in [4.78, 5) is 37.7. The fourth-order valence-corrected chi connectivity index (χ4v) is 3.57. The Morgan fingerprint density at radius 1 is 1.03 bits per heavy atom. The highest BCUT2D eigenvalue weighted by atomic mass is 16.6. The largest absolute Gasteiger partial charge is 0.449 e. The third-order valence-corrected chi connectivity index (χ3v) is 5.01. The van der Waals surface area contributed by atoms with Crippen LogP contribution in [0.5, 0.6) is 0 Å². The fourth-order valence-electron chi connectivity index (χ4n) is 3.57. The van der Waals surface area contributed by atoms with Crippen LogP contribution >= 0.6 is 0 Å². The van der Waals surface area contributed by atoms with Gasteiger partial charge in [-0.2, -0.15) is 9.78 Å². The number of hydrogen-bond acceptors (Lipinski definition) is 7. The summed E-state index contributed by atoms with van der Waals surface area (Å²) in [6, 6.07) is 3.69.